The van der Waals surface area contributed by atoms with E-state index in [9.17, 15) is 18.0 Å². The van der Waals surface area contributed by atoms with Crippen molar-refractivity contribution >= 4 is 43.5 Å². The molecule has 0 saturated heterocycles. The summed E-state index contributed by atoms with van der Waals surface area (Å²) in [6, 6.07) is 3.51. The third-order valence-corrected chi connectivity index (χ3v) is 2.88. The second-order valence-corrected chi connectivity index (χ2v) is 4.29. The minimum absolute atomic E-state index is 0.0322. The predicted octanol–water partition coefficient (Wildman–Crippen LogP) is 4.83. The van der Waals surface area contributed by atoms with Crippen LogP contribution in [0.5, 0.6) is 0 Å². The summed E-state index contributed by atoms with van der Waals surface area (Å²) in [6.07, 6.45) is -4.45. The maximum atomic E-state index is 12.5. The van der Waals surface area contributed by atoms with Crippen molar-refractivity contribution in [3.05, 3.63) is 28.2 Å². The molecule has 0 aliphatic carbocycles. The SMILES string of the molecule is CC.O=C(CBr)Nc1ccc(Br)c(C(F)(F)F)c1. The van der Waals surface area contributed by atoms with Crippen LogP contribution < -0.4 is 5.32 Å². The molecule has 1 N–H and O–H groups in total. The topological polar surface area (TPSA) is 29.1 Å². The lowest BCUT2D eigenvalue weighted by molar-refractivity contribution is -0.138. The molecule has 0 bridgehead atoms. The van der Waals surface area contributed by atoms with Crippen LogP contribution in [0, 0.1) is 0 Å². The molecule has 0 aliphatic rings. The molecule has 0 aromatic heterocycles. The van der Waals surface area contributed by atoms with Gasteiger partial charge in [0.05, 0.1) is 10.9 Å². The quantitative estimate of drug-likeness (QED) is 0.720. The van der Waals surface area contributed by atoms with Crippen LogP contribution in [0.25, 0.3) is 0 Å². The number of hydrogen-bond acceptors (Lipinski definition) is 1. The van der Waals surface area contributed by atoms with Gasteiger partial charge in [0, 0.05) is 10.2 Å². The Hall–Kier alpha value is -0.560. The van der Waals surface area contributed by atoms with Crippen LogP contribution >= 0.6 is 31.9 Å². The van der Waals surface area contributed by atoms with Crippen molar-refractivity contribution in [2.24, 2.45) is 0 Å². The molecule has 0 spiro atoms. The van der Waals surface area contributed by atoms with E-state index in [1.807, 2.05) is 13.8 Å². The van der Waals surface area contributed by atoms with Gasteiger partial charge in [0.25, 0.3) is 0 Å². The third-order valence-electron chi connectivity index (χ3n) is 1.68. The zero-order valence-electron chi connectivity index (χ0n) is 9.74. The van der Waals surface area contributed by atoms with Gasteiger partial charge in [-0.3, -0.25) is 4.79 Å². The summed E-state index contributed by atoms with van der Waals surface area (Å²) in [6.45, 7) is 4.00. The van der Waals surface area contributed by atoms with E-state index in [2.05, 4.69) is 37.2 Å². The molecule has 102 valence electrons. The highest BCUT2D eigenvalue weighted by molar-refractivity contribution is 9.10. The molecule has 1 aromatic carbocycles. The van der Waals surface area contributed by atoms with Crippen LogP contribution in [0.15, 0.2) is 22.7 Å². The largest absolute Gasteiger partial charge is 0.417 e. The Morgan fingerprint density at radius 1 is 1.33 bits per heavy atom. The van der Waals surface area contributed by atoms with Gasteiger partial charge in [-0.05, 0) is 18.2 Å². The number of carbonyl (C=O) groups is 1. The molecule has 0 heterocycles. The maximum absolute atomic E-state index is 12.5. The van der Waals surface area contributed by atoms with Crippen LogP contribution in [0.1, 0.15) is 19.4 Å². The summed E-state index contributed by atoms with van der Waals surface area (Å²) in [7, 11) is 0. The Bertz CT molecular complexity index is 408. The number of hydrogen-bond donors (Lipinski definition) is 1. The molecule has 2 nitrogen and oxygen atoms in total. The molecule has 1 rings (SSSR count). The average Bonchev–Trinajstić information content (AvgIpc) is 2.32. The van der Waals surface area contributed by atoms with Gasteiger partial charge in [-0.15, -0.1) is 0 Å². The van der Waals surface area contributed by atoms with Gasteiger partial charge in [0.1, 0.15) is 0 Å². The number of benzene rings is 1. The zero-order valence-corrected chi connectivity index (χ0v) is 12.9. The van der Waals surface area contributed by atoms with E-state index in [4.69, 9.17) is 0 Å². The van der Waals surface area contributed by atoms with Crippen LogP contribution in [-0.4, -0.2) is 11.2 Å². The first-order valence-electron chi connectivity index (χ1n) is 5.07. The lowest BCUT2D eigenvalue weighted by atomic mass is 10.2. The predicted molar refractivity (Wildman–Crippen MR) is 72.9 cm³/mol. The third kappa shape index (κ3) is 5.39. The molecule has 1 amide bonds. The highest BCUT2D eigenvalue weighted by Gasteiger charge is 2.33. The van der Waals surface area contributed by atoms with Crippen molar-refractivity contribution in [2.45, 2.75) is 20.0 Å². The Morgan fingerprint density at radius 3 is 2.33 bits per heavy atom. The minimum Gasteiger partial charge on any atom is -0.325 e. The van der Waals surface area contributed by atoms with E-state index in [0.717, 1.165) is 6.07 Å². The molecular weight excluding hydrogens is 379 g/mol. The van der Waals surface area contributed by atoms with Crippen molar-refractivity contribution in [2.75, 3.05) is 10.6 Å². The minimum atomic E-state index is -4.45. The Morgan fingerprint density at radius 2 is 1.89 bits per heavy atom. The first-order chi connectivity index (χ1) is 8.34. The first kappa shape index (κ1) is 17.4. The lowest BCUT2D eigenvalue weighted by Crippen LogP contribution is -2.13. The Labute approximate surface area is 120 Å². The number of rotatable bonds is 2. The van der Waals surface area contributed by atoms with Crippen molar-refractivity contribution in [3.63, 3.8) is 0 Å². The van der Waals surface area contributed by atoms with Gasteiger partial charge in [0.15, 0.2) is 0 Å². The van der Waals surface area contributed by atoms with Crippen molar-refractivity contribution in [3.8, 4) is 0 Å². The molecule has 0 fully saturated rings. The monoisotopic (exact) mass is 389 g/mol. The molecule has 7 heteroatoms. The highest BCUT2D eigenvalue weighted by Crippen LogP contribution is 2.36. The molecule has 0 atom stereocenters. The maximum Gasteiger partial charge on any atom is 0.417 e. The molecule has 0 saturated carbocycles. The van der Waals surface area contributed by atoms with Crippen LogP contribution in [0.4, 0.5) is 18.9 Å². The smallest absolute Gasteiger partial charge is 0.325 e. The van der Waals surface area contributed by atoms with E-state index >= 15 is 0 Å². The molecule has 1 aromatic rings. The summed E-state index contributed by atoms with van der Waals surface area (Å²) in [5.74, 6) is -0.407. The molecule has 0 aliphatic heterocycles. The Balaban J connectivity index is 0.00000137. The van der Waals surface area contributed by atoms with Gasteiger partial charge in [-0.1, -0.05) is 45.7 Å². The van der Waals surface area contributed by atoms with Crippen molar-refractivity contribution in [1.82, 2.24) is 0 Å². The number of halogens is 5. The average molecular weight is 391 g/mol. The van der Waals surface area contributed by atoms with E-state index < -0.39 is 17.6 Å². The summed E-state index contributed by atoms with van der Waals surface area (Å²) in [5, 5.41) is 2.36. The molecular formula is C11H12Br2F3NO. The zero-order chi connectivity index (χ0) is 14.3. The number of amides is 1. The van der Waals surface area contributed by atoms with Crippen LogP contribution in [-0.2, 0) is 11.0 Å². The van der Waals surface area contributed by atoms with E-state index in [1.54, 1.807) is 0 Å². The molecule has 0 unspecified atom stereocenters. The number of carbonyl (C=O) groups excluding carboxylic acids is 1. The highest BCUT2D eigenvalue weighted by atomic mass is 79.9. The number of alkyl halides is 4. The lowest BCUT2D eigenvalue weighted by Gasteiger charge is -2.11. The number of anilines is 1. The van der Waals surface area contributed by atoms with Crippen LogP contribution in [0.3, 0.4) is 0 Å². The van der Waals surface area contributed by atoms with Gasteiger partial charge in [-0.25, -0.2) is 0 Å². The van der Waals surface area contributed by atoms with Crippen molar-refractivity contribution < 1.29 is 18.0 Å². The van der Waals surface area contributed by atoms with Gasteiger partial charge < -0.3 is 5.32 Å². The normalized spacial score (nSPS) is 10.4. The summed E-state index contributed by atoms with van der Waals surface area (Å²) < 4.78 is 37.4. The summed E-state index contributed by atoms with van der Waals surface area (Å²) in [5.41, 5.74) is -0.708. The standard InChI is InChI=1S/C9H6Br2F3NO.C2H6/c10-4-8(16)15-5-1-2-7(11)6(3-5)9(12,13)14;1-2/h1-3H,4H2,(H,15,16);1-2H3. The summed E-state index contributed by atoms with van der Waals surface area (Å²) >= 11 is 5.71. The van der Waals surface area contributed by atoms with E-state index in [1.165, 1.54) is 12.1 Å². The van der Waals surface area contributed by atoms with E-state index in [-0.39, 0.29) is 15.5 Å². The number of nitrogens with one attached hydrogen (secondary N) is 1. The fraction of sp³-hybridized carbons (Fsp3) is 0.364. The molecule has 0 radical (unpaired) electrons. The second kappa shape index (κ2) is 7.78. The van der Waals surface area contributed by atoms with Gasteiger partial charge in [-0.2, -0.15) is 13.2 Å². The van der Waals surface area contributed by atoms with Gasteiger partial charge in [0.2, 0.25) is 5.91 Å². The fourth-order valence-corrected chi connectivity index (χ4v) is 1.63. The van der Waals surface area contributed by atoms with Crippen LogP contribution in [0.2, 0.25) is 0 Å². The summed E-state index contributed by atoms with van der Waals surface area (Å²) in [4.78, 5) is 11.0. The first-order valence-corrected chi connectivity index (χ1v) is 6.98. The fourth-order valence-electron chi connectivity index (χ4n) is 1.01. The molecule has 18 heavy (non-hydrogen) atoms. The van der Waals surface area contributed by atoms with E-state index in [0.29, 0.717) is 0 Å². The Kier molecular flexibility index (Phi) is 7.54. The van der Waals surface area contributed by atoms with Gasteiger partial charge >= 0.3 is 6.18 Å². The van der Waals surface area contributed by atoms with Crippen molar-refractivity contribution in [1.29, 1.82) is 0 Å². The second-order valence-electron chi connectivity index (χ2n) is 2.87.